The Kier molecular flexibility index (Phi) is 3.60. The molecule has 0 amide bonds. The molecule has 0 atom stereocenters. The van der Waals surface area contributed by atoms with E-state index in [0.717, 1.165) is 5.69 Å². The van der Waals surface area contributed by atoms with E-state index in [9.17, 15) is 8.42 Å². The fourth-order valence-corrected chi connectivity index (χ4v) is 1.53. The van der Waals surface area contributed by atoms with E-state index in [2.05, 4.69) is 9.71 Å². The van der Waals surface area contributed by atoms with Crippen molar-refractivity contribution in [1.29, 1.82) is 0 Å². The first-order valence-corrected chi connectivity index (χ1v) is 5.95. The fraction of sp³-hybridized carbons (Fsp3) is 0.444. The molecule has 0 aliphatic rings. The number of aromatic nitrogens is 1. The van der Waals surface area contributed by atoms with Gasteiger partial charge in [0.05, 0.1) is 17.5 Å². The summed E-state index contributed by atoms with van der Waals surface area (Å²) in [6.07, 6.45) is 1.64. The molecular formula is C9H14N2O2S. The average Bonchev–Trinajstić information content (AvgIpc) is 2.16. The summed E-state index contributed by atoms with van der Waals surface area (Å²) in [5.74, 6) is 0. The van der Waals surface area contributed by atoms with Gasteiger partial charge in [-0.05, 0) is 26.0 Å². The van der Waals surface area contributed by atoms with Crippen molar-refractivity contribution in [3.8, 4) is 0 Å². The third-order valence-corrected chi connectivity index (χ3v) is 3.59. The van der Waals surface area contributed by atoms with Crippen LogP contribution in [0.1, 0.15) is 19.5 Å². The molecule has 1 aromatic rings. The number of sulfonamides is 1. The van der Waals surface area contributed by atoms with Crippen LogP contribution in [0.3, 0.4) is 0 Å². The van der Waals surface area contributed by atoms with Crippen LogP contribution in [-0.2, 0) is 16.6 Å². The second kappa shape index (κ2) is 4.52. The minimum atomic E-state index is -3.19. The molecule has 0 unspecified atom stereocenters. The van der Waals surface area contributed by atoms with Gasteiger partial charge >= 0.3 is 0 Å². The Hall–Kier alpha value is -0.940. The van der Waals surface area contributed by atoms with Crippen molar-refractivity contribution >= 4 is 10.0 Å². The molecule has 0 spiro atoms. The third kappa shape index (κ3) is 3.08. The summed E-state index contributed by atoms with van der Waals surface area (Å²) in [5.41, 5.74) is 0.719. The molecule has 1 heterocycles. The van der Waals surface area contributed by atoms with Crippen LogP contribution in [0, 0.1) is 0 Å². The van der Waals surface area contributed by atoms with Crippen molar-refractivity contribution in [3.63, 3.8) is 0 Å². The molecule has 0 bridgehead atoms. The van der Waals surface area contributed by atoms with Crippen molar-refractivity contribution in [2.24, 2.45) is 0 Å². The number of hydrogen-bond donors (Lipinski definition) is 1. The SMILES string of the molecule is CC(C)S(=O)(=O)NCc1ccccn1. The number of nitrogens with zero attached hydrogens (tertiary/aromatic N) is 1. The molecule has 0 saturated heterocycles. The fourth-order valence-electron chi connectivity index (χ4n) is 0.844. The van der Waals surface area contributed by atoms with Gasteiger partial charge in [-0.3, -0.25) is 4.98 Å². The molecule has 5 heteroatoms. The van der Waals surface area contributed by atoms with Crippen LogP contribution in [-0.4, -0.2) is 18.7 Å². The molecule has 0 aromatic carbocycles. The first-order chi connectivity index (χ1) is 6.52. The summed E-state index contributed by atoms with van der Waals surface area (Å²) in [6, 6.07) is 5.40. The van der Waals surface area contributed by atoms with Gasteiger partial charge in [0.25, 0.3) is 0 Å². The highest BCUT2D eigenvalue weighted by molar-refractivity contribution is 7.90. The van der Waals surface area contributed by atoms with E-state index in [-0.39, 0.29) is 6.54 Å². The largest absolute Gasteiger partial charge is 0.260 e. The van der Waals surface area contributed by atoms with Crippen molar-refractivity contribution < 1.29 is 8.42 Å². The van der Waals surface area contributed by atoms with Crippen LogP contribution in [0.5, 0.6) is 0 Å². The molecule has 1 aromatic heterocycles. The van der Waals surface area contributed by atoms with E-state index in [1.807, 2.05) is 6.07 Å². The average molecular weight is 214 g/mol. The highest BCUT2D eigenvalue weighted by atomic mass is 32.2. The minimum absolute atomic E-state index is 0.251. The zero-order valence-electron chi connectivity index (χ0n) is 8.27. The summed E-state index contributed by atoms with van der Waals surface area (Å²) >= 11 is 0. The van der Waals surface area contributed by atoms with Crippen LogP contribution < -0.4 is 4.72 Å². The Labute approximate surface area is 84.4 Å². The lowest BCUT2D eigenvalue weighted by Crippen LogP contribution is -2.30. The van der Waals surface area contributed by atoms with Crippen molar-refractivity contribution in [2.75, 3.05) is 0 Å². The molecule has 78 valence electrons. The Morgan fingerprint density at radius 2 is 2.14 bits per heavy atom. The molecule has 1 N–H and O–H groups in total. The van der Waals surface area contributed by atoms with E-state index < -0.39 is 15.3 Å². The van der Waals surface area contributed by atoms with Crippen molar-refractivity contribution in [2.45, 2.75) is 25.6 Å². The second-order valence-electron chi connectivity index (χ2n) is 3.24. The van der Waals surface area contributed by atoms with E-state index in [4.69, 9.17) is 0 Å². The Morgan fingerprint density at radius 3 is 2.64 bits per heavy atom. The minimum Gasteiger partial charge on any atom is -0.260 e. The molecule has 0 radical (unpaired) electrons. The Morgan fingerprint density at radius 1 is 1.43 bits per heavy atom. The quantitative estimate of drug-likeness (QED) is 0.810. The molecular weight excluding hydrogens is 200 g/mol. The van der Waals surface area contributed by atoms with Crippen LogP contribution in [0.15, 0.2) is 24.4 Å². The van der Waals surface area contributed by atoms with Crippen LogP contribution >= 0.6 is 0 Å². The maximum atomic E-state index is 11.4. The highest BCUT2D eigenvalue weighted by Crippen LogP contribution is 1.99. The van der Waals surface area contributed by atoms with Crippen molar-refractivity contribution in [3.05, 3.63) is 30.1 Å². The lowest BCUT2D eigenvalue weighted by atomic mass is 10.4. The number of rotatable bonds is 4. The van der Waals surface area contributed by atoms with Gasteiger partial charge in [-0.25, -0.2) is 13.1 Å². The normalized spacial score (nSPS) is 11.9. The van der Waals surface area contributed by atoms with Gasteiger partial charge in [0.1, 0.15) is 0 Å². The van der Waals surface area contributed by atoms with Gasteiger partial charge in [0.15, 0.2) is 0 Å². The standard InChI is InChI=1S/C9H14N2O2S/c1-8(2)14(12,13)11-7-9-5-3-4-6-10-9/h3-6,8,11H,7H2,1-2H3. The summed E-state index contributed by atoms with van der Waals surface area (Å²) in [7, 11) is -3.19. The Bertz CT molecular complexity index is 373. The molecule has 0 fully saturated rings. The van der Waals surface area contributed by atoms with E-state index in [1.165, 1.54) is 0 Å². The monoisotopic (exact) mass is 214 g/mol. The van der Waals surface area contributed by atoms with Gasteiger partial charge < -0.3 is 0 Å². The maximum absolute atomic E-state index is 11.4. The summed E-state index contributed by atoms with van der Waals surface area (Å²) in [6.45, 7) is 3.53. The van der Waals surface area contributed by atoms with Gasteiger partial charge in [0.2, 0.25) is 10.0 Å². The first-order valence-electron chi connectivity index (χ1n) is 4.41. The molecule has 14 heavy (non-hydrogen) atoms. The predicted octanol–water partition coefficient (Wildman–Crippen LogP) is 0.909. The zero-order chi connectivity index (χ0) is 10.6. The summed E-state index contributed by atoms with van der Waals surface area (Å²) in [5, 5.41) is -0.411. The number of pyridine rings is 1. The van der Waals surface area contributed by atoms with Gasteiger partial charge in [-0.15, -0.1) is 0 Å². The second-order valence-corrected chi connectivity index (χ2v) is 5.56. The number of nitrogens with one attached hydrogen (secondary N) is 1. The van der Waals surface area contributed by atoms with Gasteiger partial charge in [-0.1, -0.05) is 6.07 Å². The van der Waals surface area contributed by atoms with Gasteiger partial charge in [-0.2, -0.15) is 0 Å². The van der Waals surface area contributed by atoms with Crippen molar-refractivity contribution in [1.82, 2.24) is 9.71 Å². The Balaban J connectivity index is 2.58. The molecule has 1 rings (SSSR count). The summed E-state index contributed by atoms with van der Waals surface area (Å²) in [4.78, 5) is 4.01. The van der Waals surface area contributed by atoms with Crippen LogP contribution in [0.2, 0.25) is 0 Å². The molecule has 0 aliphatic heterocycles. The molecule has 0 saturated carbocycles. The van der Waals surface area contributed by atoms with E-state index in [1.54, 1.807) is 32.2 Å². The van der Waals surface area contributed by atoms with E-state index >= 15 is 0 Å². The predicted molar refractivity (Wildman–Crippen MR) is 55.1 cm³/mol. The number of hydrogen-bond acceptors (Lipinski definition) is 3. The van der Waals surface area contributed by atoms with Crippen LogP contribution in [0.25, 0.3) is 0 Å². The lowest BCUT2D eigenvalue weighted by Gasteiger charge is -2.08. The topological polar surface area (TPSA) is 59.1 Å². The zero-order valence-corrected chi connectivity index (χ0v) is 9.08. The first kappa shape index (κ1) is 11.1. The van der Waals surface area contributed by atoms with E-state index in [0.29, 0.717) is 0 Å². The maximum Gasteiger partial charge on any atom is 0.214 e. The third-order valence-electron chi connectivity index (χ3n) is 1.80. The van der Waals surface area contributed by atoms with Gasteiger partial charge in [0, 0.05) is 6.20 Å². The smallest absolute Gasteiger partial charge is 0.214 e. The van der Waals surface area contributed by atoms with Crippen LogP contribution in [0.4, 0.5) is 0 Å². The molecule has 0 aliphatic carbocycles. The summed E-state index contributed by atoms with van der Waals surface area (Å²) < 4.78 is 25.2. The molecule has 4 nitrogen and oxygen atoms in total. The lowest BCUT2D eigenvalue weighted by molar-refractivity contribution is 0.571. The highest BCUT2D eigenvalue weighted by Gasteiger charge is 2.14.